The first-order valence-electron chi connectivity index (χ1n) is 5.39. The summed E-state index contributed by atoms with van der Waals surface area (Å²) in [6.45, 7) is 0. The SMILES string of the molecule is ClOC1(Cl)N(Cl)C(Cl)(Cl)C(Cl)(Cl)C(Cl)(c2ccccc2)N1Cl. The molecular formula is C10H5Cl9N2O. The van der Waals surface area contributed by atoms with Crippen LogP contribution in [0.3, 0.4) is 0 Å². The van der Waals surface area contributed by atoms with E-state index in [4.69, 9.17) is 105 Å². The second-order valence-electron chi connectivity index (χ2n) is 4.27. The molecule has 1 aliphatic rings. The molecule has 1 saturated heterocycles. The third-order valence-corrected chi connectivity index (χ3v) is 8.41. The molecule has 1 aromatic carbocycles. The summed E-state index contributed by atoms with van der Waals surface area (Å²) in [4.78, 5) is -1.95. The van der Waals surface area contributed by atoms with Crippen molar-refractivity contribution in [1.29, 1.82) is 0 Å². The summed E-state index contributed by atoms with van der Waals surface area (Å²) in [5, 5.41) is -2.26. The number of benzene rings is 1. The van der Waals surface area contributed by atoms with Crippen molar-refractivity contribution in [2.45, 2.75) is 19.1 Å². The van der Waals surface area contributed by atoms with E-state index >= 15 is 0 Å². The van der Waals surface area contributed by atoms with Gasteiger partial charge in [0.25, 0.3) is 0 Å². The van der Waals surface area contributed by atoms with Gasteiger partial charge < -0.3 is 0 Å². The lowest BCUT2D eigenvalue weighted by Crippen LogP contribution is -2.75. The van der Waals surface area contributed by atoms with Crippen LogP contribution in [0.25, 0.3) is 0 Å². The normalized spacial score (nSPS) is 35.5. The van der Waals surface area contributed by atoms with Gasteiger partial charge in [0.05, 0.1) is 11.9 Å². The second kappa shape index (κ2) is 6.46. The van der Waals surface area contributed by atoms with E-state index in [0.29, 0.717) is 14.4 Å². The zero-order chi connectivity index (χ0) is 17.0. The van der Waals surface area contributed by atoms with Crippen LogP contribution in [0.2, 0.25) is 0 Å². The van der Waals surface area contributed by atoms with E-state index in [1.54, 1.807) is 30.3 Å². The van der Waals surface area contributed by atoms with E-state index in [1.165, 1.54) is 0 Å². The van der Waals surface area contributed by atoms with Crippen LogP contribution in [0.5, 0.6) is 0 Å². The predicted molar refractivity (Wildman–Crippen MR) is 93.8 cm³/mol. The highest BCUT2D eigenvalue weighted by Gasteiger charge is 2.77. The zero-order valence-corrected chi connectivity index (χ0v) is 16.9. The molecule has 0 N–H and O–H groups in total. The molecule has 0 spiro atoms. The molecule has 124 valence electrons. The number of hydrogen-bond acceptors (Lipinski definition) is 3. The largest absolute Gasteiger partial charge is 0.309 e. The van der Waals surface area contributed by atoms with Crippen LogP contribution in [-0.4, -0.2) is 22.9 Å². The van der Waals surface area contributed by atoms with Crippen molar-refractivity contribution in [3.63, 3.8) is 0 Å². The minimum Gasteiger partial charge on any atom is -0.222 e. The molecule has 2 rings (SSSR count). The molecule has 1 fully saturated rings. The Bertz CT molecular complexity index is 554. The van der Waals surface area contributed by atoms with E-state index in [9.17, 15) is 0 Å². The number of rotatable bonds is 2. The molecule has 0 bridgehead atoms. The maximum absolute atomic E-state index is 6.61. The standard InChI is InChI=1S/C10H5Cl9N2O/c11-7(6-4-2-1-3-5-6)8(12,13)9(14,15)21(18)10(16,22-19)20(7)17/h1-5H. The highest BCUT2D eigenvalue weighted by molar-refractivity contribution is 6.66. The van der Waals surface area contributed by atoms with Crippen molar-refractivity contribution in [3.8, 4) is 0 Å². The second-order valence-corrected chi connectivity index (χ2v) is 8.76. The predicted octanol–water partition coefficient (Wildman–Crippen LogP) is 6.33. The van der Waals surface area contributed by atoms with Crippen molar-refractivity contribution >= 4 is 105 Å². The molecule has 2 atom stereocenters. The van der Waals surface area contributed by atoms with Crippen molar-refractivity contribution in [2.24, 2.45) is 0 Å². The van der Waals surface area contributed by atoms with Crippen LogP contribution in [0, 0.1) is 0 Å². The lowest BCUT2D eigenvalue weighted by Gasteiger charge is -2.59. The highest BCUT2D eigenvalue weighted by Crippen LogP contribution is 2.67. The maximum atomic E-state index is 6.61. The third kappa shape index (κ3) is 2.53. The van der Waals surface area contributed by atoms with Crippen molar-refractivity contribution < 1.29 is 4.29 Å². The Kier molecular flexibility index (Phi) is 5.88. The summed E-state index contributed by atoms with van der Waals surface area (Å²) in [6, 6.07) is 8.25. The molecule has 0 saturated carbocycles. The van der Waals surface area contributed by atoms with Crippen LogP contribution >= 0.6 is 105 Å². The molecule has 0 aliphatic carbocycles. The molecule has 3 nitrogen and oxygen atoms in total. The van der Waals surface area contributed by atoms with Crippen LogP contribution < -0.4 is 0 Å². The lowest BCUT2D eigenvalue weighted by molar-refractivity contribution is -0.123. The molecule has 1 aliphatic heterocycles. The first-order chi connectivity index (χ1) is 9.98. The van der Waals surface area contributed by atoms with Gasteiger partial charge in [0.2, 0.25) is 8.79 Å². The summed E-state index contributed by atoms with van der Waals surface area (Å²) in [5.74, 6) is 0. The molecule has 22 heavy (non-hydrogen) atoms. The fourth-order valence-corrected chi connectivity index (χ4v) is 4.81. The molecular weight excluding hydrogens is 483 g/mol. The minimum absolute atomic E-state index is 0.325. The summed E-state index contributed by atoms with van der Waals surface area (Å²) >= 11 is 55.4. The van der Waals surface area contributed by atoms with Crippen LogP contribution in [0.1, 0.15) is 5.56 Å². The maximum Gasteiger partial charge on any atom is 0.309 e. The Balaban J connectivity index is 2.75. The van der Waals surface area contributed by atoms with Gasteiger partial charge in [-0.1, -0.05) is 88.3 Å². The van der Waals surface area contributed by atoms with Gasteiger partial charge in [-0.25, -0.2) is 4.29 Å². The third-order valence-electron chi connectivity index (χ3n) is 3.05. The van der Waals surface area contributed by atoms with E-state index in [0.717, 1.165) is 0 Å². The van der Waals surface area contributed by atoms with Gasteiger partial charge in [0.1, 0.15) is 0 Å². The molecule has 0 amide bonds. The minimum atomic E-state index is -2.26. The Hall–Kier alpha value is 1.71. The highest BCUT2D eigenvalue weighted by atomic mass is 35.5. The van der Waals surface area contributed by atoms with Gasteiger partial charge in [-0.3, -0.25) is 0 Å². The summed E-state index contributed by atoms with van der Waals surface area (Å²) in [5.41, 5.74) is 0.325. The molecule has 12 heteroatoms. The van der Waals surface area contributed by atoms with Gasteiger partial charge in [-0.15, -0.1) is 8.84 Å². The average molecular weight is 488 g/mol. The Labute approximate surface area is 172 Å². The zero-order valence-electron chi connectivity index (χ0n) is 10.1. The molecule has 1 heterocycles. The van der Waals surface area contributed by atoms with Gasteiger partial charge in [0.15, 0.2) is 5.00 Å². The Morgan fingerprint density at radius 2 is 1.32 bits per heavy atom. The van der Waals surface area contributed by atoms with Gasteiger partial charge >= 0.3 is 5.31 Å². The molecule has 2 unspecified atom stereocenters. The fourth-order valence-electron chi connectivity index (χ4n) is 1.90. The summed E-state index contributed by atoms with van der Waals surface area (Å²) in [7, 11) is 0. The van der Waals surface area contributed by atoms with Gasteiger partial charge in [-0.05, 0) is 40.7 Å². The van der Waals surface area contributed by atoms with Crippen molar-refractivity contribution in [1.82, 2.24) is 8.84 Å². The van der Waals surface area contributed by atoms with Gasteiger partial charge in [0, 0.05) is 0 Å². The van der Waals surface area contributed by atoms with E-state index in [2.05, 4.69) is 4.29 Å². The quantitative estimate of drug-likeness (QED) is 0.275. The molecule has 0 radical (unpaired) electrons. The topological polar surface area (TPSA) is 15.7 Å². The number of alkyl halides is 6. The van der Waals surface area contributed by atoms with E-state index < -0.39 is 19.1 Å². The number of nitrogens with zero attached hydrogens (tertiary/aromatic N) is 2. The molecule has 1 aromatic rings. The first kappa shape index (κ1) is 20.0. The van der Waals surface area contributed by atoms with E-state index in [1.807, 2.05) is 0 Å². The number of halogens is 9. The lowest BCUT2D eigenvalue weighted by atomic mass is 10.00. The smallest absolute Gasteiger partial charge is 0.222 e. The van der Waals surface area contributed by atoms with Crippen molar-refractivity contribution in [3.05, 3.63) is 35.9 Å². The molecule has 0 aromatic heterocycles. The summed E-state index contributed by atoms with van der Waals surface area (Å²) < 4.78 is 1.39. The summed E-state index contributed by atoms with van der Waals surface area (Å²) in [6.07, 6.45) is 0. The number of hydrogen-bond donors (Lipinski definition) is 0. The first-order valence-corrected chi connectivity index (χ1v) is 8.64. The van der Waals surface area contributed by atoms with Crippen molar-refractivity contribution in [2.75, 3.05) is 0 Å². The van der Waals surface area contributed by atoms with Gasteiger partial charge in [-0.2, -0.15) is 0 Å². The average Bonchev–Trinajstić information content (AvgIpc) is 2.51. The van der Waals surface area contributed by atoms with Crippen LogP contribution in [0.15, 0.2) is 30.3 Å². The fraction of sp³-hybridized carbons (Fsp3) is 0.400. The van der Waals surface area contributed by atoms with Crippen LogP contribution in [0.4, 0.5) is 0 Å². The Morgan fingerprint density at radius 1 is 0.818 bits per heavy atom. The monoisotopic (exact) mass is 484 g/mol. The Morgan fingerprint density at radius 3 is 1.77 bits per heavy atom. The van der Waals surface area contributed by atoms with E-state index in [-0.39, 0.29) is 0 Å². The van der Waals surface area contributed by atoms with Crippen LogP contribution in [-0.2, 0) is 9.29 Å².